The maximum atomic E-state index is 11.2. The maximum Gasteiger partial charge on any atom is 0.291 e. The van der Waals surface area contributed by atoms with Gasteiger partial charge in [-0.05, 0) is 12.5 Å². The average Bonchev–Trinajstić information content (AvgIpc) is 2.27. The zero-order chi connectivity index (χ0) is 11.5. The Morgan fingerprint density at radius 1 is 1.31 bits per heavy atom. The van der Waals surface area contributed by atoms with E-state index in [1.165, 1.54) is 0 Å². The van der Waals surface area contributed by atoms with E-state index in [0.717, 1.165) is 5.56 Å². The molecule has 1 heterocycles. The molecule has 2 aromatic rings. The summed E-state index contributed by atoms with van der Waals surface area (Å²) in [7, 11) is 0. The number of benzene rings is 1. The number of rotatable bonds is 2. The first-order chi connectivity index (χ1) is 7.66. The van der Waals surface area contributed by atoms with Crippen molar-refractivity contribution < 1.29 is 0 Å². The van der Waals surface area contributed by atoms with Crippen LogP contribution in [0.1, 0.15) is 11.4 Å². The number of halogens is 1. The van der Waals surface area contributed by atoms with Crippen LogP contribution < -0.4 is 5.56 Å². The van der Waals surface area contributed by atoms with Crippen LogP contribution in [0, 0.1) is 6.92 Å². The molecule has 0 fully saturated rings. The average molecular weight is 235 g/mol. The highest BCUT2D eigenvalue weighted by Gasteiger charge is 2.03. The fourth-order valence-electron chi connectivity index (χ4n) is 1.49. The third kappa shape index (κ3) is 2.31. The summed E-state index contributed by atoms with van der Waals surface area (Å²) >= 11 is 5.76. The summed E-state index contributed by atoms with van der Waals surface area (Å²) in [6, 6.07) is 9.95. The van der Waals surface area contributed by atoms with Gasteiger partial charge in [0.05, 0.1) is 0 Å². The Hall–Kier alpha value is -1.61. The molecule has 0 aliphatic carbocycles. The lowest BCUT2D eigenvalue weighted by atomic mass is 10.2. The Kier molecular flexibility index (Phi) is 3.06. The van der Waals surface area contributed by atoms with Gasteiger partial charge < -0.3 is 4.57 Å². The van der Waals surface area contributed by atoms with Crippen LogP contribution in [-0.4, -0.2) is 9.55 Å². The van der Waals surface area contributed by atoms with Crippen LogP contribution in [-0.2, 0) is 6.54 Å². The van der Waals surface area contributed by atoms with Gasteiger partial charge in [-0.25, -0.2) is 0 Å². The fourth-order valence-corrected chi connectivity index (χ4v) is 1.65. The molecule has 0 spiro atoms. The van der Waals surface area contributed by atoms with Gasteiger partial charge in [-0.15, -0.1) is 0 Å². The third-order valence-corrected chi connectivity index (χ3v) is 2.61. The van der Waals surface area contributed by atoms with E-state index < -0.39 is 0 Å². The number of aryl methyl sites for hydroxylation is 1. The van der Waals surface area contributed by atoms with E-state index in [9.17, 15) is 4.79 Å². The summed E-state index contributed by atoms with van der Waals surface area (Å²) < 4.78 is 1.86. The quantitative estimate of drug-likeness (QED) is 0.799. The molecule has 82 valence electrons. The van der Waals surface area contributed by atoms with Gasteiger partial charge in [-0.1, -0.05) is 41.9 Å². The molecule has 1 aromatic heterocycles. The van der Waals surface area contributed by atoms with E-state index in [2.05, 4.69) is 4.98 Å². The van der Waals surface area contributed by atoms with Crippen LogP contribution in [0.2, 0.25) is 5.02 Å². The highest BCUT2D eigenvalue weighted by Crippen LogP contribution is 2.06. The monoisotopic (exact) mass is 234 g/mol. The third-order valence-electron chi connectivity index (χ3n) is 2.35. The molecule has 0 aliphatic rings. The van der Waals surface area contributed by atoms with Crippen molar-refractivity contribution in [2.45, 2.75) is 13.5 Å². The van der Waals surface area contributed by atoms with Crippen LogP contribution >= 0.6 is 11.6 Å². The summed E-state index contributed by atoms with van der Waals surface area (Å²) in [6.07, 6.45) is 1.62. The molecule has 0 unspecified atom stereocenters. The van der Waals surface area contributed by atoms with E-state index in [-0.39, 0.29) is 10.6 Å². The first-order valence-electron chi connectivity index (χ1n) is 4.94. The zero-order valence-electron chi connectivity index (χ0n) is 8.85. The van der Waals surface area contributed by atoms with Crippen LogP contribution in [0.15, 0.2) is 41.3 Å². The van der Waals surface area contributed by atoms with Gasteiger partial charge in [0, 0.05) is 12.7 Å². The number of hydrogen-bond donors (Lipinski definition) is 0. The van der Waals surface area contributed by atoms with Crippen molar-refractivity contribution in [3.05, 3.63) is 63.3 Å². The summed E-state index contributed by atoms with van der Waals surface area (Å²) in [6.45, 7) is 2.46. The molecule has 0 saturated carbocycles. The molecule has 0 aliphatic heterocycles. The minimum atomic E-state index is -0.372. The number of nitrogens with zero attached hydrogens (tertiary/aromatic N) is 2. The maximum absolute atomic E-state index is 11.2. The van der Waals surface area contributed by atoms with E-state index in [0.29, 0.717) is 12.4 Å². The second kappa shape index (κ2) is 4.49. The predicted molar refractivity (Wildman–Crippen MR) is 63.8 cm³/mol. The molecular weight excluding hydrogens is 224 g/mol. The van der Waals surface area contributed by atoms with Gasteiger partial charge in [-0.2, -0.15) is 4.98 Å². The summed E-state index contributed by atoms with van der Waals surface area (Å²) in [5.74, 6) is 0.665. The van der Waals surface area contributed by atoms with Crippen LogP contribution in [0.5, 0.6) is 0 Å². The molecule has 0 N–H and O–H groups in total. The number of hydrogen-bond acceptors (Lipinski definition) is 2. The standard InChI is InChI=1S/C12H11ClN2O/c1-9-14-12(16)11(13)8-15(9)7-10-5-3-2-4-6-10/h2-6,8H,7H2,1H3. The van der Waals surface area contributed by atoms with E-state index in [1.54, 1.807) is 13.1 Å². The lowest BCUT2D eigenvalue weighted by Gasteiger charge is -2.09. The molecule has 1 aromatic carbocycles. The van der Waals surface area contributed by atoms with Gasteiger partial charge in [0.15, 0.2) is 0 Å². The number of aromatic nitrogens is 2. The van der Waals surface area contributed by atoms with Gasteiger partial charge in [-0.3, -0.25) is 4.79 Å². The summed E-state index contributed by atoms with van der Waals surface area (Å²) in [5.41, 5.74) is 0.774. The predicted octanol–water partition coefficient (Wildman–Crippen LogP) is 2.25. The van der Waals surface area contributed by atoms with Crippen molar-refractivity contribution in [3.63, 3.8) is 0 Å². The second-order valence-corrected chi connectivity index (χ2v) is 3.96. The summed E-state index contributed by atoms with van der Waals surface area (Å²) in [4.78, 5) is 15.0. The van der Waals surface area contributed by atoms with Crippen molar-refractivity contribution in [1.29, 1.82) is 0 Å². The molecule has 0 radical (unpaired) electrons. The van der Waals surface area contributed by atoms with Gasteiger partial charge in [0.2, 0.25) is 0 Å². The Balaban J connectivity index is 2.36. The van der Waals surface area contributed by atoms with Crippen molar-refractivity contribution >= 4 is 11.6 Å². The Morgan fingerprint density at radius 2 is 2.00 bits per heavy atom. The normalized spacial score (nSPS) is 10.4. The smallest absolute Gasteiger partial charge is 0.291 e. The molecule has 0 bridgehead atoms. The second-order valence-electron chi connectivity index (χ2n) is 3.55. The van der Waals surface area contributed by atoms with Crippen molar-refractivity contribution in [3.8, 4) is 0 Å². The van der Waals surface area contributed by atoms with E-state index in [4.69, 9.17) is 11.6 Å². The molecule has 0 saturated heterocycles. The molecule has 3 nitrogen and oxygen atoms in total. The van der Waals surface area contributed by atoms with Crippen molar-refractivity contribution in [1.82, 2.24) is 9.55 Å². The molecule has 16 heavy (non-hydrogen) atoms. The lowest BCUT2D eigenvalue weighted by Crippen LogP contribution is -2.16. The zero-order valence-corrected chi connectivity index (χ0v) is 9.61. The Bertz CT molecular complexity index is 549. The van der Waals surface area contributed by atoms with Crippen molar-refractivity contribution in [2.24, 2.45) is 0 Å². The molecule has 4 heteroatoms. The highest BCUT2D eigenvalue weighted by atomic mass is 35.5. The Labute approximate surface area is 98.3 Å². The van der Waals surface area contributed by atoms with Crippen LogP contribution in [0.25, 0.3) is 0 Å². The molecule has 0 amide bonds. The summed E-state index contributed by atoms with van der Waals surface area (Å²) in [5, 5.41) is 0.154. The van der Waals surface area contributed by atoms with E-state index >= 15 is 0 Å². The van der Waals surface area contributed by atoms with Crippen molar-refractivity contribution in [2.75, 3.05) is 0 Å². The van der Waals surface area contributed by atoms with Gasteiger partial charge in [0.25, 0.3) is 5.56 Å². The fraction of sp³-hybridized carbons (Fsp3) is 0.167. The van der Waals surface area contributed by atoms with Gasteiger partial charge in [0.1, 0.15) is 10.8 Å². The molecule has 0 atom stereocenters. The van der Waals surface area contributed by atoms with Crippen LogP contribution in [0.3, 0.4) is 0 Å². The first kappa shape index (κ1) is 10.9. The van der Waals surface area contributed by atoms with Crippen LogP contribution in [0.4, 0.5) is 0 Å². The first-order valence-corrected chi connectivity index (χ1v) is 5.32. The largest absolute Gasteiger partial charge is 0.330 e. The SMILES string of the molecule is Cc1nc(=O)c(Cl)cn1Cc1ccccc1. The highest BCUT2D eigenvalue weighted by molar-refractivity contribution is 6.30. The molecular formula is C12H11ClN2O. The minimum Gasteiger partial charge on any atom is -0.330 e. The molecule has 2 rings (SSSR count). The Morgan fingerprint density at radius 3 is 2.69 bits per heavy atom. The van der Waals surface area contributed by atoms with Gasteiger partial charge >= 0.3 is 0 Å². The minimum absolute atomic E-state index is 0.154. The van der Waals surface area contributed by atoms with E-state index in [1.807, 2.05) is 34.9 Å². The topological polar surface area (TPSA) is 34.9 Å². The lowest BCUT2D eigenvalue weighted by molar-refractivity contribution is 0.721.